The Labute approximate surface area is 116 Å². The molecule has 0 fully saturated rings. The Hall–Kier alpha value is -2.49. The van der Waals surface area contributed by atoms with Crippen LogP contribution in [0.1, 0.15) is 16.1 Å². The van der Waals surface area contributed by atoms with Crippen LogP contribution in [-0.4, -0.2) is 20.2 Å². The molecule has 0 unspecified atom stereocenters. The fourth-order valence-corrected chi connectivity index (χ4v) is 2.85. The number of rotatable bonds is 2. The highest BCUT2D eigenvalue weighted by Gasteiger charge is 2.16. The van der Waals surface area contributed by atoms with Crippen LogP contribution in [0.4, 0.5) is 0 Å². The first-order chi connectivity index (χ1) is 9.50. The molecule has 4 heteroatoms. The standard InChI is InChI=1S/C16H16N2O2/c1-10-5-4-6-11-9-14(18(3)15(10)11)12-7-8-13(16(19)20)17(12)2/h4-9H,1-3H3,(H,19,20). The quantitative estimate of drug-likeness (QED) is 0.776. The minimum absolute atomic E-state index is 0.293. The van der Waals surface area contributed by atoms with Gasteiger partial charge in [-0.2, -0.15) is 0 Å². The lowest BCUT2D eigenvalue weighted by Crippen LogP contribution is -2.06. The summed E-state index contributed by atoms with van der Waals surface area (Å²) in [7, 11) is 3.79. The van der Waals surface area contributed by atoms with E-state index in [9.17, 15) is 4.79 Å². The predicted molar refractivity (Wildman–Crippen MR) is 79.0 cm³/mol. The summed E-state index contributed by atoms with van der Waals surface area (Å²) in [4.78, 5) is 11.1. The molecule has 0 bridgehead atoms. The van der Waals surface area contributed by atoms with E-state index < -0.39 is 5.97 Å². The van der Waals surface area contributed by atoms with Gasteiger partial charge in [0.25, 0.3) is 0 Å². The first-order valence-corrected chi connectivity index (χ1v) is 6.45. The van der Waals surface area contributed by atoms with Gasteiger partial charge in [-0.05, 0) is 30.7 Å². The van der Waals surface area contributed by atoms with Gasteiger partial charge in [-0.3, -0.25) is 0 Å². The fourth-order valence-electron chi connectivity index (χ4n) is 2.85. The third-order valence-electron chi connectivity index (χ3n) is 3.86. The molecule has 0 saturated heterocycles. The van der Waals surface area contributed by atoms with E-state index in [1.54, 1.807) is 17.7 Å². The number of carboxylic acid groups (broad SMARTS) is 1. The summed E-state index contributed by atoms with van der Waals surface area (Å²) in [5.41, 5.74) is 4.61. The Morgan fingerprint density at radius 2 is 1.80 bits per heavy atom. The van der Waals surface area contributed by atoms with Crippen LogP contribution in [0.3, 0.4) is 0 Å². The van der Waals surface area contributed by atoms with Crippen molar-refractivity contribution in [3.05, 3.63) is 47.7 Å². The van der Waals surface area contributed by atoms with Crippen molar-refractivity contribution in [1.82, 2.24) is 9.13 Å². The average molecular weight is 268 g/mol. The maximum Gasteiger partial charge on any atom is 0.352 e. The number of hydrogen-bond acceptors (Lipinski definition) is 1. The van der Waals surface area contributed by atoms with Gasteiger partial charge >= 0.3 is 5.97 Å². The van der Waals surface area contributed by atoms with E-state index in [1.807, 2.05) is 19.2 Å². The van der Waals surface area contributed by atoms with Gasteiger partial charge < -0.3 is 14.2 Å². The summed E-state index contributed by atoms with van der Waals surface area (Å²) in [6, 6.07) is 11.8. The molecule has 0 amide bonds. The summed E-state index contributed by atoms with van der Waals surface area (Å²) < 4.78 is 3.83. The molecule has 3 aromatic rings. The number of nitrogens with zero attached hydrogens (tertiary/aromatic N) is 2. The van der Waals surface area contributed by atoms with Crippen LogP contribution in [0.15, 0.2) is 36.4 Å². The molecule has 3 rings (SSSR count). The molecule has 20 heavy (non-hydrogen) atoms. The van der Waals surface area contributed by atoms with Crippen molar-refractivity contribution in [2.75, 3.05) is 0 Å². The zero-order valence-electron chi connectivity index (χ0n) is 11.7. The molecule has 1 N–H and O–H groups in total. The minimum atomic E-state index is -0.909. The Morgan fingerprint density at radius 1 is 1.05 bits per heavy atom. The van der Waals surface area contributed by atoms with Gasteiger partial charge in [0, 0.05) is 19.5 Å². The largest absolute Gasteiger partial charge is 0.477 e. The first kappa shape index (κ1) is 12.5. The second-order valence-electron chi connectivity index (χ2n) is 5.07. The number of aromatic nitrogens is 2. The third-order valence-corrected chi connectivity index (χ3v) is 3.86. The number of carbonyl (C=O) groups is 1. The summed E-state index contributed by atoms with van der Waals surface area (Å²) in [5.74, 6) is -0.909. The van der Waals surface area contributed by atoms with Gasteiger partial charge in [0.1, 0.15) is 5.69 Å². The first-order valence-electron chi connectivity index (χ1n) is 6.45. The normalized spacial score (nSPS) is 11.2. The van der Waals surface area contributed by atoms with Crippen molar-refractivity contribution < 1.29 is 9.90 Å². The Bertz CT molecular complexity index is 824. The van der Waals surface area contributed by atoms with Gasteiger partial charge in [0.05, 0.1) is 16.9 Å². The molecule has 2 aromatic heterocycles. The second-order valence-corrected chi connectivity index (χ2v) is 5.07. The van der Waals surface area contributed by atoms with E-state index in [4.69, 9.17) is 5.11 Å². The molecule has 0 aliphatic rings. The Kier molecular flexibility index (Phi) is 2.67. The van der Waals surface area contributed by atoms with Crippen molar-refractivity contribution in [2.24, 2.45) is 14.1 Å². The van der Waals surface area contributed by atoms with Crippen molar-refractivity contribution in [3.8, 4) is 11.4 Å². The van der Waals surface area contributed by atoms with E-state index in [2.05, 4.69) is 29.7 Å². The fraction of sp³-hybridized carbons (Fsp3) is 0.188. The van der Waals surface area contributed by atoms with Crippen LogP contribution in [0, 0.1) is 6.92 Å². The molecule has 0 spiro atoms. The molecule has 0 aliphatic heterocycles. The summed E-state index contributed by atoms with van der Waals surface area (Å²) in [6.45, 7) is 2.08. The highest BCUT2D eigenvalue weighted by Crippen LogP contribution is 2.29. The van der Waals surface area contributed by atoms with E-state index in [1.165, 1.54) is 16.5 Å². The predicted octanol–water partition coefficient (Wildman–Crippen LogP) is 3.19. The lowest BCUT2D eigenvalue weighted by molar-refractivity contribution is 0.0686. The van der Waals surface area contributed by atoms with Crippen LogP contribution >= 0.6 is 0 Å². The van der Waals surface area contributed by atoms with Gasteiger partial charge in [0.2, 0.25) is 0 Å². The maximum atomic E-state index is 11.1. The third kappa shape index (κ3) is 1.65. The molecule has 2 heterocycles. The minimum Gasteiger partial charge on any atom is -0.477 e. The summed E-state index contributed by atoms with van der Waals surface area (Å²) in [5, 5.41) is 10.3. The van der Waals surface area contributed by atoms with Crippen molar-refractivity contribution >= 4 is 16.9 Å². The van der Waals surface area contributed by atoms with Gasteiger partial charge in [-0.25, -0.2) is 4.79 Å². The molecule has 1 aromatic carbocycles. The summed E-state index contributed by atoms with van der Waals surface area (Å²) >= 11 is 0. The van der Waals surface area contributed by atoms with Crippen molar-refractivity contribution in [2.45, 2.75) is 6.92 Å². The summed E-state index contributed by atoms with van der Waals surface area (Å²) in [6.07, 6.45) is 0. The molecule has 0 aliphatic carbocycles. The average Bonchev–Trinajstić information content (AvgIpc) is 2.91. The molecule has 0 atom stereocenters. The van der Waals surface area contributed by atoms with Gasteiger partial charge in [-0.15, -0.1) is 0 Å². The highest BCUT2D eigenvalue weighted by molar-refractivity contribution is 5.91. The van der Waals surface area contributed by atoms with E-state index in [0.29, 0.717) is 5.69 Å². The number of benzene rings is 1. The SMILES string of the molecule is Cc1cccc2cc(-c3ccc(C(=O)O)n3C)n(C)c12. The van der Waals surface area contributed by atoms with Crippen LogP contribution in [0.2, 0.25) is 0 Å². The smallest absolute Gasteiger partial charge is 0.352 e. The van der Waals surface area contributed by atoms with Crippen LogP contribution in [0.5, 0.6) is 0 Å². The van der Waals surface area contributed by atoms with Crippen LogP contribution in [0.25, 0.3) is 22.3 Å². The monoisotopic (exact) mass is 268 g/mol. The molecule has 102 valence electrons. The molecule has 0 radical (unpaired) electrons. The van der Waals surface area contributed by atoms with Crippen LogP contribution in [-0.2, 0) is 14.1 Å². The Morgan fingerprint density at radius 3 is 2.40 bits per heavy atom. The lowest BCUT2D eigenvalue weighted by Gasteiger charge is -2.08. The Balaban J connectivity index is 2.28. The molecular weight excluding hydrogens is 252 g/mol. The van der Waals surface area contributed by atoms with Crippen LogP contribution < -0.4 is 0 Å². The van der Waals surface area contributed by atoms with Crippen molar-refractivity contribution in [3.63, 3.8) is 0 Å². The zero-order valence-corrected chi connectivity index (χ0v) is 11.7. The van der Waals surface area contributed by atoms with E-state index >= 15 is 0 Å². The van der Waals surface area contributed by atoms with E-state index in [-0.39, 0.29) is 0 Å². The number of hydrogen-bond donors (Lipinski definition) is 1. The number of aromatic carboxylic acids is 1. The second kappa shape index (κ2) is 4.27. The van der Waals surface area contributed by atoms with Gasteiger partial charge in [0.15, 0.2) is 0 Å². The van der Waals surface area contributed by atoms with Crippen molar-refractivity contribution in [1.29, 1.82) is 0 Å². The molecular formula is C16H16N2O2. The zero-order chi connectivity index (χ0) is 14.4. The lowest BCUT2D eigenvalue weighted by atomic mass is 10.2. The molecule has 4 nitrogen and oxygen atoms in total. The number of carboxylic acids is 1. The van der Waals surface area contributed by atoms with Gasteiger partial charge in [-0.1, -0.05) is 18.2 Å². The topological polar surface area (TPSA) is 47.2 Å². The highest BCUT2D eigenvalue weighted by atomic mass is 16.4. The molecule has 0 saturated carbocycles. The number of fused-ring (bicyclic) bond motifs is 1. The van der Waals surface area contributed by atoms with E-state index in [0.717, 1.165) is 11.4 Å². The maximum absolute atomic E-state index is 11.1. The number of aryl methyl sites for hydroxylation is 2. The number of para-hydroxylation sites is 1.